The third-order valence-corrected chi connectivity index (χ3v) is 2.99. The van der Waals surface area contributed by atoms with Gasteiger partial charge in [0.15, 0.2) is 6.29 Å². The number of hydrogen-bond donors (Lipinski definition) is 0. The minimum atomic E-state index is -0.534. The SMILES string of the molecule is O=Cc1c(F)ccc(Cl)c1I. The summed E-state index contributed by atoms with van der Waals surface area (Å²) in [6.07, 6.45) is 0.461. The second-order valence-corrected chi connectivity index (χ2v) is 3.36. The first-order chi connectivity index (χ1) is 5.16. The van der Waals surface area contributed by atoms with Gasteiger partial charge >= 0.3 is 0 Å². The molecule has 0 saturated carbocycles. The molecule has 1 aromatic rings. The van der Waals surface area contributed by atoms with E-state index in [4.69, 9.17) is 11.6 Å². The number of hydrogen-bond acceptors (Lipinski definition) is 1. The Bertz CT molecular complexity index is 301. The lowest BCUT2D eigenvalue weighted by molar-refractivity contribution is 0.111. The lowest BCUT2D eigenvalue weighted by Gasteiger charge is -1.99. The molecular weight excluding hydrogens is 281 g/mol. The van der Waals surface area contributed by atoms with Crippen LogP contribution in [0.25, 0.3) is 0 Å². The van der Waals surface area contributed by atoms with Crippen LogP contribution in [-0.4, -0.2) is 6.29 Å². The van der Waals surface area contributed by atoms with Crippen LogP contribution in [0.4, 0.5) is 4.39 Å². The Hall–Kier alpha value is -0.160. The summed E-state index contributed by atoms with van der Waals surface area (Å²) in [6, 6.07) is 2.60. The van der Waals surface area contributed by atoms with Gasteiger partial charge in [-0.05, 0) is 34.7 Å². The van der Waals surface area contributed by atoms with Gasteiger partial charge in [-0.25, -0.2) is 4.39 Å². The Morgan fingerprint density at radius 1 is 1.55 bits per heavy atom. The highest BCUT2D eigenvalue weighted by Crippen LogP contribution is 2.22. The summed E-state index contributed by atoms with van der Waals surface area (Å²) < 4.78 is 13.2. The molecule has 0 bridgehead atoms. The van der Waals surface area contributed by atoms with E-state index < -0.39 is 5.82 Å². The van der Waals surface area contributed by atoms with Crippen LogP contribution in [0.3, 0.4) is 0 Å². The normalized spacial score (nSPS) is 9.73. The highest BCUT2D eigenvalue weighted by molar-refractivity contribution is 14.1. The van der Waals surface area contributed by atoms with Crippen molar-refractivity contribution in [1.29, 1.82) is 0 Å². The first kappa shape index (κ1) is 8.93. The molecule has 0 spiro atoms. The van der Waals surface area contributed by atoms with Crippen molar-refractivity contribution in [2.24, 2.45) is 0 Å². The van der Waals surface area contributed by atoms with Crippen molar-refractivity contribution in [3.63, 3.8) is 0 Å². The van der Waals surface area contributed by atoms with Crippen molar-refractivity contribution < 1.29 is 9.18 Å². The van der Waals surface area contributed by atoms with Crippen LogP contribution >= 0.6 is 34.2 Å². The molecule has 0 amide bonds. The fourth-order valence-electron chi connectivity index (χ4n) is 0.651. The lowest BCUT2D eigenvalue weighted by Crippen LogP contribution is -1.92. The zero-order chi connectivity index (χ0) is 8.43. The fraction of sp³-hybridized carbons (Fsp3) is 0. The van der Waals surface area contributed by atoms with Gasteiger partial charge < -0.3 is 0 Å². The Labute approximate surface area is 81.7 Å². The average Bonchev–Trinajstić information content (AvgIpc) is 1.99. The van der Waals surface area contributed by atoms with Crippen molar-refractivity contribution in [3.05, 3.63) is 32.1 Å². The maximum absolute atomic E-state index is 12.7. The van der Waals surface area contributed by atoms with Crippen molar-refractivity contribution in [2.75, 3.05) is 0 Å². The van der Waals surface area contributed by atoms with Crippen LogP contribution in [0.1, 0.15) is 10.4 Å². The maximum atomic E-state index is 12.7. The number of benzene rings is 1. The predicted molar refractivity (Wildman–Crippen MR) is 49.5 cm³/mol. The van der Waals surface area contributed by atoms with E-state index in [0.29, 0.717) is 14.9 Å². The third-order valence-electron chi connectivity index (χ3n) is 1.20. The number of aldehydes is 1. The van der Waals surface area contributed by atoms with Crippen molar-refractivity contribution >= 4 is 40.5 Å². The van der Waals surface area contributed by atoms with Gasteiger partial charge in [0.1, 0.15) is 5.82 Å². The molecule has 0 unspecified atom stereocenters. The summed E-state index contributed by atoms with van der Waals surface area (Å²) in [6.45, 7) is 0. The minimum absolute atomic E-state index is 0.0260. The maximum Gasteiger partial charge on any atom is 0.154 e. The zero-order valence-electron chi connectivity index (χ0n) is 5.27. The van der Waals surface area contributed by atoms with Crippen LogP contribution in [0.2, 0.25) is 5.02 Å². The van der Waals surface area contributed by atoms with Crippen molar-refractivity contribution in [2.45, 2.75) is 0 Å². The molecule has 0 aromatic heterocycles. The van der Waals surface area contributed by atoms with Gasteiger partial charge in [0.05, 0.1) is 10.6 Å². The molecule has 1 nitrogen and oxygen atoms in total. The largest absolute Gasteiger partial charge is 0.298 e. The number of carbonyl (C=O) groups is 1. The van der Waals surface area contributed by atoms with E-state index in [-0.39, 0.29) is 5.56 Å². The Kier molecular flexibility index (Phi) is 2.84. The van der Waals surface area contributed by atoms with E-state index >= 15 is 0 Å². The fourth-order valence-corrected chi connectivity index (χ4v) is 1.38. The third kappa shape index (κ3) is 1.70. The summed E-state index contributed by atoms with van der Waals surface area (Å²) in [4.78, 5) is 10.3. The number of halogens is 3. The van der Waals surface area contributed by atoms with Crippen LogP contribution in [0, 0.1) is 9.39 Å². The summed E-state index contributed by atoms with van der Waals surface area (Å²) in [7, 11) is 0. The van der Waals surface area contributed by atoms with Crippen molar-refractivity contribution in [3.8, 4) is 0 Å². The molecule has 0 N–H and O–H groups in total. The molecule has 0 radical (unpaired) electrons. The first-order valence-corrected chi connectivity index (χ1v) is 4.21. The molecule has 0 heterocycles. The minimum Gasteiger partial charge on any atom is -0.298 e. The van der Waals surface area contributed by atoms with Gasteiger partial charge in [-0.3, -0.25) is 4.79 Å². The second kappa shape index (κ2) is 3.49. The van der Waals surface area contributed by atoms with Gasteiger partial charge in [-0.15, -0.1) is 0 Å². The highest BCUT2D eigenvalue weighted by atomic mass is 127. The van der Waals surface area contributed by atoms with E-state index in [9.17, 15) is 9.18 Å². The molecule has 0 saturated heterocycles. The molecule has 1 rings (SSSR count). The number of carbonyl (C=O) groups excluding carboxylic acids is 1. The van der Waals surface area contributed by atoms with Gasteiger partial charge in [0, 0.05) is 3.57 Å². The molecule has 0 atom stereocenters. The Balaban J connectivity index is 3.40. The monoisotopic (exact) mass is 284 g/mol. The first-order valence-electron chi connectivity index (χ1n) is 2.75. The van der Waals surface area contributed by atoms with Crippen LogP contribution in [0.5, 0.6) is 0 Å². The predicted octanol–water partition coefficient (Wildman–Crippen LogP) is 2.90. The van der Waals surface area contributed by atoms with E-state index in [2.05, 4.69) is 0 Å². The molecule has 58 valence electrons. The van der Waals surface area contributed by atoms with E-state index in [0.717, 1.165) is 0 Å². The Morgan fingerprint density at radius 3 is 2.64 bits per heavy atom. The molecule has 0 aliphatic carbocycles. The summed E-state index contributed by atoms with van der Waals surface area (Å²) in [5, 5.41) is 0.397. The lowest BCUT2D eigenvalue weighted by atomic mass is 10.2. The molecule has 11 heavy (non-hydrogen) atoms. The van der Waals surface area contributed by atoms with Gasteiger partial charge in [-0.1, -0.05) is 11.6 Å². The molecule has 0 aliphatic rings. The summed E-state index contributed by atoms with van der Waals surface area (Å²) >= 11 is 7.46. The molecular formula is C7H3ClFIO. The van der Waals surface area contributed by atoms with Crippen molar-refractivity contribution in [1.82, 2.24) is 0 Å². The quantitative estimate of drug-likeness (QED) is 0.440. The smallest absolute Gasteiger partial charge is 0.154 e. The van der Waals surface area contributed by atoms with Crippen LogP contribution in [-0.2, 0) is 0 Å². The molecule has 4 heteroatoms. The molecule has 0 aliphatic heterocycles. The second-order valence-electron chi connectivity index (χ2n) is 1.87. The summed E-state index contributed by atoms with van der Waals surface area (Å²) in [5.74, 6) is -0.534. The topological polar surface area (TPSA) is 17.1 Å². The molecule has 1 aromatic carbocycles. The summed E-state index contributed by atoms with van der Waals surface area (Å²) in [5.41, 5.74) is 0.0260. The van der Waals surface area contributed by atoms with Crippen LogP contribution < -0.4 is 0 Å². The number of rotatable bonds is 1. The van der Waals surface area contributed by atoms with Gasteiger partial charge in [-0.2, -0.15) is 0 Å². The standard InChI is InChI=1S/C7H3ClFIO/c8-5-1-2-6(9)4(3-11)7(5)10/h1-3H. The highest BCUT2D eigenvalue weighted by Gasteiger charge is 2.08. The van der Waals surface area contributed by atoms with Gasteiger partial charge in [0.2, 0.25) is 0 Å². The average molecular weight is 284 g/mol. The van der Waals surface area contributed by atoms with Crippen LogP contribution in [0.15, 0.2) is 12.1 Å². The zero-order valence-corrected chi connectivity index (χ0v) is 8.19. The van der Waals surface area contributed by atoms with E-state index in [1.807, 2.05) is 22.6 Å². The Morgan fingerprint density at radius 2 is 2.18 bits per heavy atom. The van der Waals surface area contributed by atoms with Gasteiger partial charge in [0.25, 0.3) is 0 Å². The molecule has 0 fully saturated rings. The van der Waals surface area contributed by atoms with E-state index in [1.54, 1.807) is 0 Å². The van der Waals surface area contributed by atoms with E-state index in [1.165, 1.54) is 12.1 Å².